The first kappa shape index (κ1) is 24.0. The van der Waals surface area contributed by atoms with Gasteiger partial charge in [-0.25, -0.2) is 4.98 Å². The molecule has 1 unspecified atom stereocenters. The van der Waals surface area contributed by atoms with Crippen molar-refractivity contribution in [1.82, 2.24) is 15.6 Å². The van der Waals surface area contributed by atoms with Crippen LogP contribution >= 0.6 is 24.0 Å². The number of ether oxygens (including phenoxy) is 2. The summed E-state index contributed by atoms with van der Waals surface area (Å²) in [4.78, 5) is 11.2. The molecule has 2 aromatic rings. The molecule has 0 spiro atoms. The van der Waals surface area contributed by atoms with E-state index in [0.717, 1.165) is 41.9 Å². The smallest absolute Gasteiger partial charge is 0.191 e. The number of hydrogen-bond donors (Lipinski definition) is 2. The van der Waals surface area contributed by atoms with Gasteiger partial charge >= 0.3 is 0 Å². The van der Waals surface area contributed by atoms with Crippen molar-refractivity contribution in [1.29, 1.82) is 0 Å². The van der Waals surface area contributed by atoms with Crippen LogP contribution in [0, 0.1) is 0 Å². The Balaban J connectivity index is 0.00000320. The minimum Gasteiger partial charge on any atom is -0.497 e. The molecule has 1 aromatic heterocycles. The maximum atomic E-state index is 5.94. The van der Waals surface area contributed by atoms with Crippen molar-refractivity contribution in [2.75, 3.05) is 38.7 Å². The first-order chi connectivity index (χ1) is 14.2. The second-order valence-corrected chi connectivity index (χ2v) is 7.13. The minimum absolute atomic E-state index is 0. The van der Waals surface area contributed by atoms with Crippen LogP contribution in [0.25, 0.3) is 0 Å². The van der Waals surface area contributed by atoms with Crippen molar-refractivity contribution in [3.8, 4) is 11.5 Å². The number of nitrogens with zero attached hydrogens (tertiary/aromatic N) is 3. The first-order valence-corrected chi connectivity index (χ1v) is 10.1. The van der Waals surface area contributed by atoms with Crippen LogP contribution in [0.2, 0.25) is 0 Å². The monoisotopic (exact) mass is 525 g/mol. The van der Waals surface area contributed by atoms with Crippen molar-refractivity contribution in [2.45, 2.75) is 32.4 Å². The van der Waals surface area contributed by atoms with Crippen LogP contribution in [0.3, 0.4) is 0 Å². The molecule has 164 valence electrons. The van der Waals surface area contributed by atoms with Gasteiger partial charge < -0.3 is 25.0 Å². The van der Waals surface area contributed by atoms with Gasteiger partial charge in [0, 0.05) is 38.9 Å². The average Bonchev–Trinajstić information content (AvgIpc) is 3.29. The van der Waals surface area contributed by atoms with Gasteiger partial charge in [0.1, 0.15) is 23.4 Å². The Morgan fingerprint density at radius 2 is 1.93 bits per heavy atom. The van der Waals surface area contributed by atoms with E-state index in [1.807, 2.05) is 37.4 Å². The van der Waals surface area contributed by atoms with Gasteiger partial charge in [-0.2, -0.15) is 0 Å². The van der Waals surface area contributed by atoms with E-state index in [1.165, 1.54) is 12.8 Å². The molecule has 1 atom stereocenters. The number of hydrogen-bond acceptors (Lipinski definition) is 5. The molecule has 3 rings (SSSR count). The topological polar surface area (TPSA) is 71.0 Å². The number of nitrogens with one attached hydrogen (secondary N) is 2. The summed E-state index contributed by atoms with van der Waals surface area (Å²) in [5.41, 5.74) is 1.12. The highest BCUT2D eigenvalue weighted by atomic mass is 127. The van der Waals surface area contributed by atoms with Crippen LogP contribution in [0.1, 0.15) is 25.3 Å². The predicted molar refractivity (Wildman–Crippen MR) is 132 cm³/mol. The van der Waals surface area contributed by atoms with Crippen LogP contribution in [-0.2, 0) is 6.54 Å². The lowest BCUT2D eigenvalue weighted by molar-refractivity contribution is 0.223. The van der Waals surface area contributed by atoms with E-state index in [-0.39, 0.29) is 30.1 Å². The number of pyridine rings is 1. The van der Waals surface area contributed by atoms with E-state index in [1.54, 1.807) is 14.2 Å². The fourth-order valence-electron chi connectivity index (χ4n) is 3.25. The molecular weight excluding hydrogens is 493 g/mol. The Labute approximate surface area is 196 Å². The lowest BCUT2D eigenvalue weighted by Gasteiger charge is -2.18. The molecule has 1 saturated heterocycles. The molecule has 7 nitrogen and oxygen atoms in total. The summed E-state index contributed by atoms with van der Waals surface area (Å²) in [5.74, 6) is 3.36. The fraction of sp³-hybridized carbons (Fsp3) is 0.455. The van der Waals surface area contributed by atoms with Gasteiger partial charge in [-0.1, -0.05) is 12.1 Å². The van der Waals surface area contributed by atoms with E-state index in [4.69, 9.17) is 9.47 Å². The van der Waals surface area contributed by atoms with Crippen LogP contribution in [0.4, 0.5) is 5.82 Å². The SMILES string of the molecule is CN=C(NCc1ccc(N2CCCC2)nc1)NCC(C)Oc1cccc(OC)c1.I. The fourth-order valence-corrected chi connectivity index (χ4v) is 3.25. The van der Waals surface area contributed by atoms with Crippen LogP contribution < -0.4 is 25.0 Å². The summed E-state index contributed by atoms with van der Waals surface area (Å²) < 4.78 is 11.2. The Kier molecular flexibility index (Phi) is 9.99. The quantitative estimate of drug-likeness (QED) is 0.313. The third kappa shape index (κ3) is 7.23. The highest BCUT2D eigenvalue weighted by molar-refractivity contribution is 14.0. The normalized spacial score (nSPS) is 14.6. The number of aromatic nitrogens is 1. The molecule has 0 amide bonds. The van der Waals surface area contributed by atoms with Crippen molar-refractivity contribution >= 4 is 35.8 Å². The van der Waals surface area contributed by atoms with E-state index in [9.17, 15) is 0 Å². The summed E-state index contributed by atoms with van der Waals surface area (Å²) in [5, 5.41) is 6.62. The number of halogens is 1. The molecular formula is C22H32IN5O2. The molecule has 1 aliphatic heterocycles. The molecule has 1 aliphatic rings. The summed E-state index contributed by atoms with van der Waals surface area (Å²) in [6, 6.07) is 11.8. The zero-order valence-electron chi connectivity index (χ0n) is 17.9. The lowest BCUT2D eigenvalue weighted by atomic mass is 10.3. The zero-order chi connectivity index (χ0) is 20.5. The minimum atomic E-state index is -0.0259. The molecule has 8 heteroatoms. The second kappa shape index (κ2) is 12.5. The third-order valence-electron chi connectivity index (χ3n) is 4.86. The maximum absolute atomic E-state index is 5.94. The van der Waals surface area contributed by atoms with Crippen LogP contribution in [0.5, 0.6) is 11.5 Å². The number of methoxy groups -OCH3 is 1. The van der Waals surface area contributed by atoms with Crippen molar-refractivity contribution in [3.05, 3.63) is 48.2 Å². The molecule has 2 heterocycles. The molecule has 0 bridgehead atoms. The number of aliphatic imine (C=N–C) groups is 1. The van der Waals surface area contributed by atoms with Gasteiger partial charge in [0.05, 0.1) is 13.7 Å². The number of rotatable bonds is 8. The third-order valence-corrected chi connectivity index (χ3v) is 4.86. The molecule has 30 heavy (non-hydrogen) atoms. The molecule has 1 aromatic carbocycles. The maximum Gasteiger partial charge on any atom is 0.191 e. The molecule has 2 N–H and O–H groups in total. The lowest BCUT2D eigenvalue weighted by Crippen LogP contribution is -2.41. The van der Waals surface area contributed by atoms with Crippen LogP contribution in [-0.4, -0.2) is 50.8 Å². The van der Waals surface area contributed by atoms with E-state index >= 15 is 0 Å². The molecule has 1 fully saturated rings. The Morgan fingerprint density at radius 3 is 2.60 bits per heavy atom. The first-order valence-electron chi connectivity index (χ1n) is 10.1. The highest BCUT2D eigenvalue weighted by Crippen LogP contribution is 2.20. The van der Waals surface area contributed by atoms with Crippen molar-refractivity contribution in [2.24, 2.45) is 4.99 Å². The van der Waals surface area contributed by atoms with Gasteiger partial charge in [0.25, 0.3) is 0 Å². The summed E-state index contributed by atoms with van der Waals surface area (Å²) in [6.07, 6.45) is 4.42. The van der Waals surface area contributed by atoms with Gasteiger partial charge in [-0.15, -0.1) is 24.0 Å². The van der Waals surface area contributed by atoms with Gasteiger partial charge in [-0.05, 0) is 43.5 Å². The van der Waals surface area contributed by atoms with Gasteiger partial charge in [-0.3, -0.25) is 4.99 Å². The average molecular weight is 525 g/mol. The Bertz CT molecular complexity index is 794. The second-order valence-electron chi connectivity index (χ2n) is 7.13. The molecule has 0 aliphatic carbocycles. The van der Waals surface area contributed by atoms with Crippen molar-refractivity contribution in [3.63, 3.8) is 0 Å². The van der Waals surface area contributed by atoms with E-state index in [2.05, 4.69) is 37.6 Å². The standard InChI is InChI=1S/C22H31N5O2.HI/c1-17(29-20-8-6-7-19(13-20)28-3)14-25-22(23-2)26-16-18-9-10-21(24-15-18)27-11-4-5-12-27;/h6-10,13,15,17H,4-5,11-12,14,16H2,1-3H3,(H2,23,25,26);1H. The van der Waals surface area contributed by atoms with E-state index in [0.29, 0.717) is 13.1 Å². The number of guanidine groups is 1. The summed E-state index contributed by atoms with van der Waals surface area (Å²) in [6.45, 7) is 5.52. The Morgan fingerprint density at radius 1 is 1.17 bits per heavy atom. The Hall–Kier alpha value is -2.23. The highest BCUT2D eigenvalue weighted by Gasteiger charge is 2.13. The molecule has 0 saturated carbocycles. The van der Waals surface area contributed by atoms with E-state index < -0.39 is 0 Å². The van der Waals surface area contributed by atoms with Gasteiger partial charge in [0.2, 0.25) is 0 Å². The predicted octanol–water partition coefficient (Wildman–Crippen LogP) is 3.44. The summed E-state index contributed by atoms with van der Waals surface area (Å²) in [7, 11) is 3.41. The zero-order valence-corrected chi connectivity index (χ0v) is 20.3. The number of anilines is 1. The van der Waals surface area contributed by atoms with Crippen molar-refractivity contribution < 1.29 is 9.47 Å². The largest absolute Gasteiger partial charge is 0.497 e. The molecule has 0 radical (unpaired) electrons. The van der Waals surface area contributed by atoms with Gasteiger partial charge in [0.15, 0.2) is 5.96 Å². The summed E-state index contributed by atoms with van der Waals surface area (Å²) >= 11 is 0. The number of benzene rings is 1. The van der Waals surface area contributed by atoms with Crippen LogP contribution in [0.15, 0.2) is 47.6 Å².